The van der Waals surface area contributed by atoms with Gasteiger partial charge in [-0.15, -0.1) is 0 Å². The molecule has 0 spiro atoms. The Morgan fingerprint density at radius 1 is 1.27 bits per heavy atom. The second-order valence-corrected chi connectivity index (χ2v) is 9.49. The fraction of sp³-hybridized carbons (Fsp3) is 0.600. The first-order valence-electron chi connectivity index (χ1n) is 9.60. The predicted molar refractivity (Wildman–Crippen MR) is 113 cm³/mol. The Balaban J connectivity index is 2.24. The van der Waals surface area contributed by atoms with Gasteiger partial charge in [0.25, 0.3) is 0 Å². The lowest BCUT2D eigenvalue weighted by molar-refractivity contribution is -0.0538. The van der Waals surface area contributed by atoms with Crippen molar-refractivity contribution in [2.24, 2.45) is 10.7 Å². The average Bonchev–Trinajstić information content (AvgIpc) is 2.96. The topological polar surface area (TPSA) is 268 Å². The van der Waals surface area contributed by atoms with E-state index in [1.54, 1.807) is 0 Å². The van der Waals surface area contributed by atoms with Crippen molar-refractivity contribution in [3.05, 3.63) is 23.8 Å². The first kappa shape index (κ1) is 27.4. The van der Waals surface area contributed by atoms with E-state index in [1.165, 1.54) is 22.9 Å². The summed E-state index contributed by atoms with van der Waals surface area (Å²) in [5.74, 6) is -0.141. The molecule has 1 aliphatic heterocycles. The highest BCUT2D eigenvalue weighted by Gasteiger charge is 2.49. The monoisotopic (exact) mass is 514 g/mol. The third-order valence-electron chi connectivity index (χ3n) is 4.41. The number of nitrogens with two attached hydrogens (primary N) is 2. The molecule has 0 radical (unpaired) electrons. The minimum Gasteiger partial charge on any atom is -0.399 e. The van der Waals surface area contributed by atoms with E-state index < -0.39 is 46.8 Å². The Labute approximate surface area is 188 Å². The van der Waals surface area contributed by atoms with Gasteiger partial charge in [-0.05, 0) is 18.9 Å². The van der Waals surface area contributed by atoms with Crippen molar-refractivity contribution in [2.75, 3.05) is 25.4 Å². The first-order chi connectivity index (χ1) is 15.3. The van der Waals surface area contributed by atoms with Gasteiger partial charge in [0, 0.05) is 31.0 Å². The molecule has 1 aliphatic rings. The first-order valence-corrected chi connectivity index (χ1v) is 12.7. The van der Waals surface area contributed by atoms with E-state index in [1.807, 2.05) is 0 Å². The number of unbranched alkanes of at least 4 members (excludes halogenated alkanes) is 1. The van der Waals surface area contributed by atoms with Crippen LogP contribution in [0.25, 0.3) is 0 Å². The SMILES string of the molecule is N=C(N)NCCCC/N=c1\cc(N)ccn1[C@@H]1O[C@H](COP(=O)(O)O)[C@@H](OP(=O)(O)O)[C@H]1O. The van der Waals surface area contributed by atoms with Gasteiger partial charge in [-0.2, -0.15) is 0 Å². The number of nitrogen functional groups attached to an aromatic ring is 1. The summed E-state index contributed by atoms with van der Waals surface area (Å²) in [5, 5.41) is 20.4. The van der Waals surface area contributed by atoms with E-state index in [4.69, 9.17) is 31.4 Å². The summed E-state index contributed by atoms with van der Waals surface area (Å²) < 4.78 is 38.3. The minimum atomic E-state index is -5.10. The predicted octanol–water partition coefficient (Wildman–Crippen LogP) is -1.92. The number of ether oxygens (including phenoxy) is 1. The Bertz CT molecular complexity index is 978. The smallest absolute Gasteiger partial charge is 0.399 e. The molecule has 33 heavy (non-hydrogen) atoms. The van der Waals surface area contributed by atoms with Gasteiger partial charge < -0.3 is 50.8 Å². The lowest BCUT2D eigenvalue weighted by Gasteiger charge is -2.21. The number of aliphatic hydroxyl groups is 1. The maximum absolute atomic E-state index is 11.3. The van der Waals surface area contributed by atoms with Crippen LogP contribution in [0.1, 0.15) is 19.1 Å². The molecule has 2 rings (SSSR count). The van der Waals surface area contributed by atoms with Crippen molar-refractivity contribution < 1.29 is 47.6 Å². The Morgan fingerprint density at radius 3 is 2.58 bits per heavy atom. The molecule has 18 heteroatoms. The van der Waals surface area contributed by atoms with Crippen LogP contribution in [0.4, 0.5) is 5.69 Å². The van der Waals surface area contributed by atoms with Crippen LogP contribution >= 0.6 is 15.6 Å². The van der Waals surface area contributed by atoms with Gasteiger partial charge in [0.05, 0.1) is 6.61 Å². The fourth-order valence-corrected chi connectivity index (χ4v) is 3.97. The molecule has 0 bridgehead atoms. The number of anilines is 1. The van der Waals surface area contributed by atoms with Gasteiger partial charge in [-0.25, -0.2) is 9.13 Å². The normalized spacial score (nSPS) is 24.2. The zero-order valence-corrected chi connectivity index (χ0v) is 19.1. The van der Waals surface area contributed by atoms with Crippen LogP contribution in [-0.4, -0.2) is 73.2 Å². The fourth-order valence-electron chi connectivity index (χ4n) is 3.05. The molecule has 0 amide bonds. The van der Waals surface area contributed by atoms with Crippen molar-refractivity contribution in [1.29, 1.82) is 5.41 Å². The van der Waals surface area contributed by atoms with Crippen molar-refractivity contribution in [2.45, 2.75) is 37.4 Å². The summed E-state index contributed by atoms with van der Waals surface area (Å²) in [4.78, 5) is 40.6. The van der Waals surface area contributed by atoms with Gasteiger partial charge >= 0.3 is 15.6 Å². The van der Waals surface area contributed by atoms with Crippen LogP contribution in [0.3, 0.4) is 0 Å². The quantitative estimate of drug-likeness (QED) is 0.0675. The number of phosphoric acid groups is 2. The van der Waals surface area contributed by atoms with Gasteiger partial charge in [-0.1, -0.05) is 0 Å². The summed E-state index contributed by atoms with van der Waals surface area (Å²) in [6, 6.07) is 2.96. The summed E-state index contributed by atoms with van der Waals surface area (Å²) in [6.07, 6.45) is -3.34. The molecule has 16 nitrogen and oxygen atoms in total. The number of nitrogens with zero attached hydrogens (tertiary/aromatic N) is 2. The van der Waals surface area contributed by atoms with E-state index in [9.17, 15) is 24.0 Å². The summed E-state index contributed by atoms with van der Waals surface area (Å²) in [6.45, 7) is 0.00154. The van der Waals surface area contributed by atoms with E-state index in [0.29, 0.717) is 31.6 Å². The van der Waals surface area contributed by atoms with Crippen LogP contribution in [0.2, 0.25) is 0 Å². The number of aromatic nitrogens is 1. The van der Waals surface area contributed by atoms with Gasteiger partial charge in [0.15, 0.2) is 12.2 Å². The van der Waals surface area contributed by atoms with Crippen molar-refractivity contribution in [3.63, 3.8) is 0 Å². The largest absolute Gasteiger partial charge is 0.470 e. The number of hydrogen-bond donors (Lipinski definition) is 9. The number of rotatable bonds is 11. The molecule has 1 aromatic heterocycles. The van der Waals surface area contributed by atoms with Crippen LogP contribution in [0.15, 0.2) is 23.3 Å². The molecule has 2 heterocycles. The van der Waals surface area contributed by atoms with Gasteiger partial charge in [0.2, 0.25) is 0 Å². The molecule has 188 valence electrons. The maximum atomic E-state index is 11.3. The van der Waals surface area contributed by atoms with Crippen LogP contribution < -0.4 is 22.3 Å². The third-order valence-corrected chi connectivity index (χ3v) is 5.42. The molecule has 0 unspecified atom stereocenters. The lowest BCUT2D eigenvalue weighted by atomic mass is 10.1. The van der Waals surface area contributed by atoms with E-state index in [-0.39, 0.29) is 11.4 Å². The van der Waals surface area contributed by atoms with Crippen molar-refractivity contribution in [1.82, 2.24) is 9.88 Å². The molecule has 4 atom stereocenters. The van der Waals surface area contributed by atoms with E-state index >= 15 is 0 Å². The summed E-state index contributed by atoms with van der Waals surface area (Å²) >= 11 is 0. The molecular formula is C15H28N6O10P2. The van der Waals surface area contributed by atoms with Crippen LogP contribution in [0.5, 0.6) is 0 Å². The molecule has 1 aromatic rings. The summed E-state index contributed by atoms with van der Waals surface area (Å²) in [5.41, 5.74) is 11.6. The average molecular weight is 514 g/mol. The molecule has 0 saturated carbocycles. The molecule has 0 aromatic carbocycles. The maximum Gasteiger partial charge on any atom is 0.470 e. The molecule has 11 N–H and O–H groups in total. The zero-order valence-electron chi connectivity index (χ0n) is 17.3. The number of pyridine rings is 1. The molecular weight excluding hydrogens is 486 g/mol. The highest BCUT2D eigenvalue weighted by atomic mass is 31.2. The van der Waals surface area contributed by atoms with Crippen molar-refractivity contribution >= 4 is 27.3 Å². The van der Waals surface area contributed by atoms with Gasteiger partial charge in [0.1, 0.15) is 23.8 Å². The number of aliphatic hydroxyl groups excluding tert-OH is 1. The van der Waals surface area contributed by atoms with E-state index in [2.05, 4.69) is 19.4 Å². The molecule has 1 saturated heterocycles. The van der Waals surface area contributed by atoms with Gasteiger partial charge in [-0.3, -0.25) is 19.4 Å². The van der Waals surface area contributed by atoms with E-state index in [0.717, 1.165) is 0 Å². The van der Waals surface area contributed by atoms with Crippen LogP contribution in [-0.2, 0) is 22.9 Å². The molecule has 0 aliphatic carbocycles. The number of guanidine groups is 1. The van der Waals surface area contributed by atoms with Crippen molar-refractivity contribution in [3.8, 4) is 0 Å². The second-order valence-electron chi connectivity index (χ2n) is 7.06. The highest BCUT2D eigenvalue weighted by molar-refractivity contribution is 7.46. The lowest BCUT2D eigenvalue weighted by Crippen LogP contribution is -2.37. The Kier molecular flexibility index (Phi) is 9.58. The highest BCUT2D eigenvalue weighted by Crippen LogP contribution is 2.45. The number of nitrogens with one attached hydrogen (secondary N) is 2. The number of hydrogen-bond acceptors (Lipinski definition) is 9. The number of phosphoric ester groups is 2. The zero-order chi connectivity index (χ0) is 24.8. The molecule has 1 fully saturated rings. The van der Waals surface area contributed by atoms with Crippen LogP contribution in [0, 0.1) is 5.41 Å². The minimum absolute atomic E-state index is 0.141. The Morgan fingerprint density at radius 2 is 1.97 bits per heavy atom. The summed E-state index contributed by atoms with van der Waals surface area (Å²) in [7, 11) is -10.0. The standard InChI is InChI=1S/C15H28N6O10P2/c16-9-3-6-21(11(7-9)19-4-1-2-5-20-15(17)18)14-12(22)13(31-33(26,27)28)10(30-14)8-29-32(23,24)25/h3,6-7,10,12-14,22H,1-2,4-5,8,16H2,(H4,17,18,20)(H2,23,24,25)(H2,26,27,28)/b19-11+/t10-,12-,13-,14-/m1/s1. The Hall–Kier alpha value is -1.84. The second kappa shape index (κ2) is 11.5. The third kappa shape index (κ3) is 9.14.